The summed E-state index contributed by atoms with van der Waals surface area (Å²) in [6.45, 7) is 6.46. The van der Waals surface area contributed by atoms with E-state index in [1.54, 1.807) is 0 Å². The first-order valence-electron chi connectivity index (χ1n) is 7.16. The Labute approximate surface area is 131 Å². The molecule has 112 valence electrons. The molecule has 2 atom stereocenters. The van der Waals surface area contributed by atoms with Gasteiger partial charge in [-0.3, -0.25) is 0 Å². The molecule has 0 radical (unpaired) electrons. The number of hydrogen-bond donors (Lipinski definition) is 2. The molecule has 0 spiro atoms. The molecule has 3 N–H and O–H groups in total. The zero-order chi connectivity index (χ0) is 15.6. The summed E-state index contributed by atoms with van der Waals surface area (Å²) >= 11 is 6.16. The van der Waals surface area contributed by atoms with Crippen LogP contribution in [0, 0.1) is 20.8 Å². The van der Waals surface area contributed by atoms with Crippen molar-refractivity contribution in [2.45, 2.75) is 32.8 Å². The first-order chi connectivity index (χ1) is 9.95. The van der Waals surface area contributed by atoms with Crippen LogP contribution < -0.4 is 5.73 Å². The minimum absolute atomic E-state index is 0.138. The Morgan fingerprint density at radius 2 is 1.81 bits per heavy atom. The minimum Gasteiger partial charge on any atom is -0.388 e. The van der Waals surface area contributed by atoms with Gasteiger partial charge in [0, 0.05) is 17.5 Å². The van der Waals surface area contributed by atoms with Crippen molar-refractivity contribution >= 4 is 11.6 Å². The predicted octanol–water partition coefficient (Wildman–Crippen LogP) is 4.04. The van der Waals surface area contributed by atoms with Gasteiger partial charge in [0.15, 0.2) is 0 Å². The number of aliphatic hydroxyl groups is 1. The molecule has 0 aromatic heterocycles. The summed E-state index contributed by atoms with van der Waals surface area (Å²) in [6.07, 6.45) is -0.657. The fourth-order valence-electron chi connectivity index (χ4n) is 2.60. The summed E-state index contributed by atoms with van der Waals surface area (Å²) in [4.78, 5) is 0. The van der Waals surface area contributed by atoms with E-state index >= 15 is 0 Å². The molecule has 2 rings (SSSR count). The van der Waals surface area contributed by atoms with Gasteiger partial charge in [0.2, 0.25) is 0 Å². The molecule has 0 aliphatic rings. The van der Waals surface area contributed by atoms with Crippen molar-refractivity contribution in [3.05, 3.63) is 69.2 Å². The van der Waals surface area contributed by atoms with E-state index in [9.17, 15) is 5.11 Å². The monoisotopic (exact) mass is 303 g/mol. The van der Waals surface area contributed by atoms with Gasteiger partial charge in [0.25, 0.3) is 0 Å². The van der Waals surface area contributed by atoms with Gasteiger partial charge in [0.1, 0.15) is 0 Å². The number of aliphatic hydroxyl groups excluding tert-OH is 1. The molecule has 0 amide bonds. The van der Waals surface area contributed by atoms with Gasteiger partial charge < -0.3 is 10.8 Å². The lowest BCUT2D eigenvalue weighted by Gasteiger charge is -2.24. The van der Waals surface area contributed by atoms with Crippen molar-refractivity contribution < 1.29 is 5.11 Å². The van der Waals surface area contributed by atoms with Gasteiger partial charge in [-0.1, -0.05) is 41.9 Å². The van der Waals surface area contributed by atoms with Crippen molar-refractivity contribution in [2.24, 2.45) is 5.73 Å². The Balaban J connectivity index is 2.40. The summed E-state index contributed by atoms with van der Waals surface area (Å²) in [5.41, 5.74) is 11.2. The first kappa shape index (κ1) is 16.0. The average Bonchev–Trinajstić information content (AvgIpc) is 2.46. The topological polar surface area (TPSA) is 46.2 Å². The van der Waals surface area contributed by atoms with Gasteiger partial charge in [-0.2, -0.15) is 0 Å². The number of hydrogen-bond acceptors (Lipinski definition) is 2. The van der Waals surface area contributed by atoms with Crippen LogP contribution in [0.4, 0.5) is 0 Å². The van der Waals surface area contributed by atoms with E-state index in [2.05, 4.69) is 26.0 Å². The number of aryl methyl sites for hydroxylation is 2. The second kappa shape index (κ2) is 6.61. The Hall–Kier alpha value is -1.35. The molecule has 0 saturated heterocycles. The molecular formula is C18H22ClNO. The largest absolute Gasteiger partial charge is 0.388 e. The molecule has 0 heterocycles. The molecule has 2 unspecified atom stereocenters. The molecule has 2 aromatic carbocycles. The van der Waals surface area contributed by atoms with Crippen molar-refractivity contribution in [2.75, 3.05) is 6.54 Å². The highest BCUT2D eigenvalue weighted by Gasteiger charge is 2.23. The van der Waals surface area contributed by atoms with Crippen LogP contribution in [-0.4, -0.2) is 11.7 Å². The van der Waals surface area contributed by atoms with E-state index in [0.717, 1.165) is 16.7 Å². The van der Waals surface area contributed by atoms with E-state index in [-0.39, 0.29) is 5.92 Å². The van der Waals surface area contributed by atoms with Crippen LogP contribution >= 0.6 is 11.6 Å². The van der Waals surface area contributed by atoms with Gasteiger partial charge in [-0.25, -0.2) is 0 Å². The normalized spacial score (nSPS) is 14.0. The van der Waals surface area contributed by atoms with E-state index < -0.39 is 6.10 Å². The highest BCUT2D eigenvalue weighted by atomic mass is 35.5. The van der Waals surface area contributed by atoms with Gasteiger partial charge in [-0.05, 0) is 54.7 Å². The third-order valence-electron chi connectivity index (χ3n) is 4.22. The molecule has 0 bridgehead atoms. The van der Waals surface area contributed by atoms with E-state index in [4.69, 9.17) is 17.3 Å². The molecule has 2 nitrogen and oxygen atoms in total. The van der Waals surface area contributed by atoms with Crippen LogP contribution in [-0.2, 0) is 0 Å². The summed E-state index contributed by atoms with van der Waals surface area (Å²) in [5.74, 6) is -0.138. The second-order valence-electron chi connectivity index (χ2n) is 5.58. The fourth-order valence-corrected chi connectivity index (χ4v) is 2.79. The van der Waals surface area contributed by atoms with E-state index in [1.807, 2.05) is 31.2 Å². The summed E-state index contributed by atoms with van der Waals surface area (Å²) < 4.78 is 0. The van der Waals surface area contributed by atoms with E-state index in [1.165, 1.54) is 11.1 Å². The third-order valence-corrected chi connectivity index (χ3v) is 4.63. The molecule has 21 heavy (non-hydrogen) atoms. The van der Waals surface area contributed by atoms with Gasteiger partial charge in [-0.15, -0.1) is 0 Å². The molecule has 3 heteroatoms. The standard InChI is InChI=1S/C18H22ClNO/c1-11-7-8-14(9-12(11)2)16(10-20)18(21)15-5-4-6-17(19)13(15)3/h4-9,16,18,21H,10,20H2,1-3H3. The maximum Gasteiger partial charge on any atom is 0.0873 e. The number of benzene rings is 2. The minimum atomic E-state index is -0.657. The van der Waals surface area contributed by atoms with Crippen molar-refractivity contribution in [3.63, 3.8) is 0 Å². The lowest BCUT2D eigenvalue weighted by Crippen LogP contribution is -2.21. The van der Waals surface area contributed by atoms with Crippen LogP contribution in [0.1, 0.15) is 39.8 Å². The average molecular weight is 304 g/mol. The van der Waals surface area contributed by atoms with Crippen LogP contribution in [0.25, 0.3) is 0 Å². The fraction of sp³-hybridized carbons (Fsp3) is 0.333. The molecular weight excluding hydrogens is 282 g/mol. The van der Waals surface area contributed by atoms with Gasteiger partial charge >= 0.3 is 0 Å². The maximum atomic E-state index is 10.8. The molecule has 0 fully saturated rings. The molecule has 0 saturated carbocycles. The van der Waals surface area contributed by atoms with Crippen LogP contribution in [0.15, 0.2) is 36.4 Å². The highest BCUT2D eigenvalue weighted by Crippen LogP contribution is 2.34. The lowest BCUT2D eigenvalue weighted by atomic mass is 9.86. The predicted molar refractivity (Wildman–Crippen MR) is 88.9 cm³/mol. The Morgan fingerprint density at radius 1 is 1.10 bits per heavy atom. The Bertz CT molecular complexity index is 639. The van der Waals surface area contributed by atoms with Crippen LogP contribution in [0.2, 0.25) is 5.02 Å². The van der Waals surface area contributed by atoms with Crippen molar-refractivity contribution in [1.29, 1.82) is 0 Å². The first-order valence-corrected chi connectivity index (χ1v) is 7.53. The highest BCUT2D eigenvalue weighted by molar-refractivity contribution is 6.31. The smallest absolute Gasteiger partial charge is 0.0873 e. The Kier molecular flexibility index (Phi) is 5.04. The zero-order valence-corrected chi connectivity index (χ0v) is 13.5. The molecule has 0 aliphatic heterocycles. The summed E-state index contributed by atoms with van der Waals surface area (Å²) in [5, 5.41) is 11.4. The van der Waals surface area contributed by atoms with Gasteiger partial charge in [0.05, 0.1) is 6.10 Å². The number of halogens is 1. The Morgan fingerprint density at radius 3 is 2.43 bits per heavy atom. The molecule has 2 aromatic rings. The maximum absolute atomic E-state index is 10.8. The SMILES string of the molecule is Cc1ccc(C(CN)C(O)c2cccc(Cl)c2C)cc1C. The van der Waals surface area contributed by atoms with Crippen LogP contribution in [0.5, 0.6) is 0 Å². The second-order valence-corrected chi connectivity index (χ2v) is 5.99. The van der Waals surface area contributed by atoms with Crippen molar-refractivity contribution in [3.8, 4) is 0 Å². The van der Waals surface area contributed by atoms with E-state index in [0.29, 0.717) is 11.6 Å². The van der Waals surface area contributed by atoms with Crippen molar-refractivity contribution in [1.82, 2.24) is 0 Å². The van der Waals surface area contributed by atoms with Crippen LogP contribution in [0.3, 0.4) is 0 Å². The zero-order valence-electron chi connectivity index (χ0n) is 12.7. The molecule has 0 aliphatic carbocycles. The lowest BCUT2D eigenvalue weighted by molar-refractivity contribution is 0.147. The number of nitrogens with two attached hydrogens (primary N) is 1. The summed E-state index contributed by atoms with van der Waals surface area (Å²) in [7, 11) is 0. The number of rotatable bonds is 4. The summed E-state index contributed by atoms with van der Waals surface area (Å²) in [6, 6.07) is 11.8. The quantitative estimate of drug-likeness (QED) is 0.895. The third kappa shape index (κ3) is 3.29.